The number of carboxylic acids is 1. The monoisotopic (exact) mass is 304 g/mol. The topological polar surface area (TPSA) is 101 Å². The van der Waals surface area contributed by atoms with Crippen molar-refractivity contribution in [1.29, 1.82) is 0 Å². The van der Waals surface area contributed by atoms with Crippen LogP contribution in [0.4, 0.5) is 0 Å². The molecule has 2 N–H and O–H groups in total. The normalized spacial score (nSPS) is 34.1. The summed E-state index contributed by atoms with van der Waals surface area (Å²) in [7, 11) is 0. The van der Waals surface area contributed by atoms with Crippen LogP contribution >= 0.6 is 0 Å². The Kier molecular flexibility index (Phi) is 3.48. The van der Waals surface area contributed by atoms with E-state index in [1.807, 2.05) is 0 Å². The Morgan fingerprint density at radius 1 is 1.36 bits per heavy atom. The fourth-order valence-electron chi connectivity index (χ4n) is 3.46. The zero-order chi connectivity index (χ0) is 16.0. The van der Waals surface area contributed by atoms with Crippen molar-refractivity contribution >= 4 is 17.5 Å². The van der Waals surface area contributed by atoms with E-state index < -0.39 is 30.0 Å². The van der Waals surface area contributed by atoms with Crippen molar-refractivity contribution in [2.75, 3.05) is 0 Å². The van der Waals surface area contributed by atoms with Gasteiger partial charge in [0.1, 0.15) is 5.76 Å². The Labute approximate surface area is 126 Å². The molecule has 0 aromatic rings. The number of hydrogen-bond donors (Lipinski definition) is 2. The minimum Gasteiger partial charge on any atom is -0.512 e. The number of ether oxygens (including phenoxy) is 1. The summed E-state index contributed by atoms with van der Waals surface area (Å²) < 4.78 is 5.57. The summed E-state index contributed by atoms with van der Waals surface area (Å²) in [5.41, 5.74) is 0.638. The highest BCUT2D eigenvalue weighted by molar-refractivity contribution is 6.16. The molecule has 22 heavy (non-hydrogen) atoms. The van der Waals surface area contributed by atoms with Gasteiger partial charge in [0.25, 0.3) is 0 Å². The predicted molar refractivity (Wildman–Crippen MR) is 75.1 cm³/mol. The molecule has 0 bridgehead atoms. The third-order valence-electron chi connectivity index (χ3n) is 4.37. The molecule has 1 aliphatic heterocycles. The first-order valence-corrected chi connectivity index (χ1v) is 7.16. The maximum Gasteiger partial charge on any atom is 0.305 e. The summed E-state index contributed by atoms with van der Waals surface area (Å²) in [6, 6.07) is 0. The van der Waals surface area contributed by atoms with Gasteiger partial charge in [-0.15, -0.1) is 0 Å². The van der Waals surface area contributed by atoms with Crippen LogP contribution < -0.4 is 0 Å². The lowest BCUT2D eigenvalue weighted by Gasteiger charge is -2.38. The largest absolute Gasteiger partial charge is 0.512 e. The lowest BCUT2D eigenvalue weighted by atomic mass is 9.68. The minimum atomic E-state index is -1.01. The van der Waals surface area contributed by atoms with Crippen molar-refractivity contribution in [2.24, 2.45) is 11.8 Å². The Morgan fingerprint density at radius 2 is 2.09 bits per heavy atom. The fraction of sp³-hybridized carbons (Fsp3) is 0.438. The molecule has 6 nitrogen and oxygen atoms in total. The Morgan fingerprint density at radius 3 is 2.77 bits per heavy atom. The zero-order valence-electron chi connectivity index (χ0n) is 12.0. The van der Waals surface area contributed by atoms with Gasteiger partial charge in [0, 0.05) is 17.6 Å². The maximum absolute atomic E-state index is 12.7. The summed E-state index contributed by atoms with van der Waals surface area (Å²) in [4.78, 5) is 36.2. The van der Waals surface area contributed by atoms with Crippen LogP contribution in [0, 0.1) is 11.8 Å². The van der Waals surface area contributed by atoms with Gasteiger partial charge in [-0.3, -0.25) is 14.4 Å². The zero-order valence-corrected chi connectivity index (χ0v) is 12.0. The van der Waals surface area contributed by atoms with Crippen LogP contribution in [-0.2, 0) is 19.1 Å². The van der Waals surface area contributed by atoms with Gasteiger partial charge in [-0.1, -0.05) is 12.2 Å². The number of rotatable bonds is 2. The first-order valence-electron chi connectivity index (χ1n) is 7.16. The number of carboxylic acid groups (broad SMARTS) is 1. The van der Waals surface area contributed by atoms with E-state index in [9.17, 15) is 19.5 Å². The van der Waals surface area contributed by atoms with Crippen molar-refractivity contribution in [3.05, 3.63) is 35.1 Å². The Hall–Kier alpha value is -2.21. The maximum atomic E-state index is 12.7. The number of fused-ring (bicyclic) bond motifs is 1. The lowest BCUT2D eigenvalue weighted by Crippen LogP contribution is -2.45. The van der Waals surface area contributed by atoms with E-state index in [-0.39, 0.29) is 35.7 Å². The van der Waals surface area contributed by atoms with Crippen molar-refractivity contribution in [3.8, 4) is 0 Å². The summed E-state index contributed by atoms with van der Waals surface area (Å²) in [5, 5.41) is 18.8. The highest BCUT2D eigenvalue weighted by Crippen LogP contribution is 2.41. The highest BCUT2D eigenvalue weighted by atomic mass is 16.5. The van der Waals surface area contributed by atoms with Crippen LogP contribution in [0.15, 0.2) is 35.1 Å². The Bertz CT molecular complexity index is 654. The van der Waals surface area contributed by atoms with E-state index in [1.165, 1.54) is 6.08 Å². The number of aliphatic hydroxyl groups excluding tert-OH is 1. The molecular formula is C16H16O6. The number of aliphatic carboxylic acids is 1. The molecule has 0 saturated carbocycles. The molecule has 1 heterocycles. The van der Waals surface area contributed by atoms with Gasteiger partial charge in [0.05, 0.1) is 30.5 Å². The average Bonchev–Trinajstić information content (AvgIpc) is 2.43. The van der Waals surface area contributed by atoms with Gasteiger partial charge < -0.3 is 14.9 Å². The molecule has 0 saturated heterocycles. The highest BCUT2D eigenvalue weighted by Gasteiger charge is 2.48. The molecule has 116 valence electrons. The predicted octanol–water partition coefficient (Wildman–Crippen LogP) is 1.33. The van der Waals surface area contributed by atoms with Crippen molar-refractivity contribution in [3.63, 3.8) is 0 Å². The second-order valence-corrected chi connectivity index (χ2v) is 5.80. The fourth-order valence-corrected chi connectivity index (χ4v) is 3.46. The number of hydrogen-bond acceptors (Lipinski definition) is 5. The number of allylic oxidation sites excluding steroid dienone is 4. The summed E-state index contributed by atoms with van der Waals surface area (Å²) in [6.07, 6.45) is 3.24. The number of ketones is 2. The molecule has 6 heteroatoms. The molecule has 2 aliphatic carbocycles. The van der Waals surface area contributed by atoms with E-state index in [0.29, 0.717) is 5.57 Å². The van der Waals surface area contributed by atoms with Crippen LogP contribution in [0.3, 0.4) is 0 Å². The third kappa shape index (κ3) is 2.20. The molecule has 0 amide bonds. The first-order chi connectivity index (χ1) is 10.4. The van der Waals surface area contributed by atoms with Gasteiger partial charge in [-0.2, -0.15) is 0 Å². The van der Waals surface area contributed by atoms with Crippen LogP contribution in [0.25, 0.3) is 0 Å². The van der Waals surface area contributed by atoms with Gasteiger partial charge in [-0.05, 0) is 13.0 Å². The van der Waals surface area contributed by atoms with E-state index in [4.69, 9.17) is 9.84 Å². The van der Waals surface area contributed by atoms with Gasteiger partial charge in [0.15, 0.2) is 11.6 Å². The van der Waals surface area contributed by atoms with Crippen molar-refractivity contribution in [2.45, 2.75) is 32.0 Å². The van der Waals surface area contributed by atoms with E-state index >= 15 is 0 Å². The molecular weight excluding hydrogens is 288 g/mol. The van der Waals surface area contributed by atoms with Crippen molar-refractivity contribution in [1.82, 2.24) is 0 Å². The first kappa shape index (κ1) is 14.7. The smallest absolute Gasteiger partial charge is 0.305 e. The van der Waals surface area contributed by atoms with Gasteiger partial charge in [-0.25, -0.2) is 0 Å². The van der Waals surface area contributed by atoms with E-state index in [0.717, 1.165) is 0 Å². The second kappa shape index (κ2) is 5.21. The van der Waals surface area contributed by atoms with E-state index in [1.54, 1.807) is 19.1 Å². The molecule has 0 radical (unpaired) electrons. The third-order valence-corrected chi connectivity index (χ3v) is 4.37. The van der Waals surface area contributed by atoms with Gasteiger partial charge >= 0.3 is 5.97 Å². The summed E-state index contributed by atoms with van der Waals surface area (Å²) >= 11 is 0. The minimum absolute atomic E-state index is 0.114. The molecule has 0 aromatic carbocycles. The second-order valence-electron chi connectivity index (χ2n) is 5.80. The molecule has 4 unspecified atom stereocenters. The van der Waals surface area contributed by atoms with Crippen LogP contribution in [0.5, 0.6) is 0 Å². The van der Waals surface area contributed by atoms with Gasteiger partial charge in [0.2, 0.25) is 0 Å². The molecule has 3 rings (SSSR count). The summed E-state index contributed by atoms with van der Waals surface area (Å²) in [5.74, 6) is -3.23. The summed E-state index contributed by atoms with van der Waals surface area (Å²) in [6.45, 7) is 1.63. The molecule has 0 fully saturated rings. The number of aliphatic hydroxyl groups is 1. The van der Waals surface area contributed by atoms with Crippen LogP contribution in [0.2, 0.25) is 0 Å². The SMILES string of the molecule is CC1OC(CC(=O)O)CC2=C1C(=O)C1C(O)=CC=CC1C2=O. The molecule has 0 spiro atoms. The van der Waals surface area contributed by atoms with Crippen molar-refractivity contribution < 1.29 is 29.3 Å². The molecule has 4 atom stereocenters. The standard InChI is InChI=1S/C16H16O6/c1-7-13-10(5-8(22-7)6-12(18)19)15(20)9-3-2-4-11(17)14(9)16(13)21/h2-4,7-9,14,17H,5-6H2,1H3,(H,18,19). The quantitative estimate of drug-likeness (QED) is 0.798. The number of carbonyl (C=O) groups is 3. The molecule has 0 aromatic heterocycles. The lowest BCUT2D eigenvalue weighted by molar-refractivity contribution is -0.142. The molecule has 3 aliphatic rings. The van der Waals surface area contributed by atoms with E-state index in [2.05, 4.69) is 0 Å². The van der Waals surface area contributed by atoms with Crippen LogP contribution in [0.1, 0.15) is 19.8 Å². The Balaban J connectivity index is 2.00. The number of carbonyl (C=O) groups excluding carboxylic acids is 2. The average molecular weight is 304 g/mol. The van der Waals surface area contributed by atoms with Crippen LogP contribution in [-0.4, -0.2) is 40.0 Å². The number of Topliss-reactive ketones (excluding diaryl/α,β-unsaturated/α-hetero) is 2.